The fourth-order valence-corrected chi connectivity index (χ4v) is 5.56. The van der Waals surface area contributed by atoms with Crippen LogP contribution in [0.4, 0.5) is 0 Å². The number of carbonyl (C=O) groups is 2. The normalized spacial score (nSPS) is 11.1. The van der Waals surface area contributed by atoms with Gasteiger partial charge in [0.1, 0.15) is 5.82 Å². The van der Waals surface area contributed by atoms with Crippen LogP contribution < -0.4 is 9.47 Å². The Morgan fingerprint density at radius 3 is 2.48 bits per heavy atom. The first kappa shape index (κ1) is 37.2. The number of ether oxygens (including phenoxy) is 3. The number of esters is 2. The monoisotopic (exact) mass is 729 g/mol. The molecule has 270 valence electrons. The number of rotatable bonds is 18. The summed E-state index contributed by atoms with van der Waals surface area (Å²) in [6.45, 7) is 2.41. The molecule has 0 amide bonds. The zero-order valence-corrected chi connectivity index (χ0v) is 29.2. The highest BCUT2D eigenvalue weighted by Gasteiger charge is 2.25. The number of hydrogen-bond donors (Lipinski definition) is 1. The standard InChI is InChI=1S/C36H36ClN7O8/c1-3-4-11-31-38-34(37)33(43(31)23-25-12-16-26(17-13-25)27-9-5-6-10-28(27)35-39-41-42-40-35)36(46)52-29-18-14-24(22-30(29)49-2)15-19-32(45)50-20-7-8-21-51-44(47)48/h5-6,9-10,12-19,22H,3-4,7-8,11,20-21,23H2,1-2H3,(H,39,40,41,42). The Hall–Kier alpha value is -6.09. The molecule has 0 unspecified atom stereocenters. The average Bonchev–Trinajstić information content (AvgIpc) is 3.80. The van der Waals surface area contributed by atoms with Crippen molar-refractivity contribution in [2.45, 2.75) is 45.6 Å². The Morgan fingerprint density at radius 1 is 1.00 bits per heavy atom. The molecule has 0 radical (unpaired) electrons. The molecular weight excluding hydrogens is 694 g/mol. The van der Waals surface area contributed by atoms with Gasteiger partial charge in [-0.3, -0.25) is 0 Å². The maximum atomic E-state index is 13.7. The Balaban J connectivity index is 1.30. The van der Waals surface area contributed by atoms with Crippen molar-refractivity contribution in [2.24, 2.45) is 0 Å². The van der Waals surface area contributed by atoms with Crippen molar-refractivity contribution in [3.8, 4) is 34.0 Å². The topological polar surface area (TPSA) is 186 Å². The third-order valence-corrected chi connectivity index (χ3v) is 8.12. The van der Waals surface area contributed by atoms with E-state index in [2.05, 4.69) is 37.4 Å². The molecular formula is C36H36ClN7O8. The second kappa shape index (κ2) is 18.2. The summed E-state index contributed by atoms with van der Waals surface area (Å²) in [5.74, 6) is 0.254. The van der Waals surface area contributed by atoms with Crippen LogP contribution in [0.3, 0.4) is 0 Å². The van der Waals surface area contributed by atoms with Crippen LogP contribution in [0.25, 0.3) is 28.6 Å². The van der Waals surface area contributed by atoms with Gasteiger partial charge in [-0.2, -0.15) is 5.21 Å². The summed E-state index contributed by atoms with van der Waals surface area (Å²) in [6, 6.07) is 20.5. The summed E-state index contributed by atoms with van der Waals surface area (Å²) < 4.78 is 18.2. The lowest BCUT2D eigenvalue weighted by molar-refractivity contribution is -0.757. The summed E-state index contributed by atoms with van der Waals surface area (Å²) in [4.78, 5) is 44.8. The Kier molecular flexibility index (Phi) is 13.0. The van der Waals surface area contributed by atoms with Gasteiger partial charge in [-0.25, -0.2) is 14.6 Å². The molecule has 0 saturated carbocycles. The summed E-state index contributed by atoms with van der Waals surface area (Å²) in [5, 5.41) is 23.8. The van der Waals surface area contributed by atoms with Crippen molar-refractivity contribution >= 4 is 29.6 Å². The van der Waals surface area contributed by atoms with E-state index in [9.17, 15) is 19.7 Å². The predicted octanol–water partition coefficient (Wildman–Crippen LogP) is 6.55. The van der Waals surface area contributed by atoms with E-state index in [1.54, 1.807) is 22.8 Å². The van der Waals surface area contributed by atoms with Crippen molar-refractivity contribution < 1.29 is 33.7 Å². The molecule has 0 aliphatic heterocycles. The molecule has 0 fully saturated rings. The zero-order chi connectivity index (χ0) is 36.9. The van der Waals surface area contributed by atoms with Crippen LogP contribution in [0.15, 0.2) is 72.8 Å². The molecule has 0 spiro atoms. The van der Waals surface area contributed by atoms with Crippen molar-refractivity contribution in [2.75, 3.05) is 20.3 Å². The van der Waals surface area contributed by atoms with Crippen LogP contribution in [0.2, 0.25) is 5.15 Å². The van der Waals surface area contributed by atoms with Crippen LogP contribution >= 0.6 is 11.6 Å². The van der Waals surface area contributed by atoms with E-state index in [-0.39, 0.29) is 35.6 Å². The summed E-state index contributed by atoms with van der Waals surface area (Å²) in [6.07, 6.45) is 5.93. The second-order valence-corrected chi connectivity index (χ2v) is 11.8. The Morgan fingerprint density at radius 2 is 1.77 bits per heavy atom. The molecule has 15 nitrogen and oxygen atoms in total. The molecule has 3 aromatic carbocycles. The van der Waals surface area contributed by atoms with Crippen molar-refractivity contribution in [1.82, 2.24) is 30.2 Å². The lowest BCUT2D eigenvalue weighted by atomic mass is 9.98. The maximum absolute atomic E-state index is 13.7. The number of carbonyl (C=O) groups excluding carboxylic acids is 2. The van der Waals surface area contributed by atoms with E-state index >= 15 is 0 Å². The number of halogens is 1. The first-order valence-electron chi connectivity index (χ1n) is 16.5. The number of tetrazole rings is 1. The van der Waals surface area contributed by atoms with E-state index < -0.39 is 17.0 Å². The average molecular weight is 730 g/mol. The van der Waals surface area contributed by atoms with Gasteiger partial charge < -0.3 is 23.6 Å². The van der Waals surface area contributed by atoms with Gasteiger partial charge in [0.2, 0.25) is 5.82 Å². The number of unbranched alkanes of at least 4 members (excludes halogenated alkanes) is 2. The van der Waals surface area contributed by atoms with Gasteiger partial charge in [0.25, 0.3) is 5.09 Å². The molecule has 16 heteroatoms. The van der Waals surface area contributed by atoms with E-state index in [1.165, 1.54) is 19.3 Å². The molecule has 52 heavy (non-hydrogen) atoms. The third kappa shape index (κ3) is 9.78. The second-order valence-electron chi connectivity index (χ2n) is 11.4. The van der Waals surface area contributed by atoms with Gasteiger partial charge >= 0.3 is 11.9 Å². The molecule has 0 aliphatic carbocycles. The summed E-state index contributed by atoms with van der Waals surface area (Å²) >= 11 is 6.60. The molecule has 5 aromatic rings. The molecule has 0 saturated heterocycles. The molecule has 1 N–H and O–H groups in total. The molecule has 0 bridgehead atoms. The highest BCUT2D eigenvalue weighted by atomic mass is 35.5. The molecule has 2 heterocycles. The smallest absolute Gasteiger partial charge is 0.363 e. The highest BCUT2D eigenvalue weighted by molar-refractivity contribution is 6.32. The van der Waals surface area contributed by atoms with Crippen LogP contribution in [-0.4, -0.2) is 67.5 Å². The highest BCUT2D eigenvalue weighted by Crippen LogP contribution is 2.32. The number of nitrogens with zero attached hydrogens (tertiary/aromatic N) is 6. The van der Waals surface area contributed by atoms with Gasteiger partial charge in [-0.1, -0.05) is 79.5 Å². The van der Waals surface area contributed by atoms with Crippen LogP contribution in [0.5, 0.6) is 11.5 Å². The number of aromatic nitrogens is 6. The summed E-state index contributed by atoms with van der Waals surface area (Å²) in [7, 11) is 1.43. The minimum atomic E-state index is -0.868. The number of imidazole rings is 1. The van der Waals surface area contributed by atoms with Crippen molar-refractivity contribution in [1.29, 1.82) is 0 Å². The summed E-state index contributed by atoms with van der Waals surface area (Å²) in [5.41, 5.74) is 4.35. The van der Waals surface area contributed by atoms with Crippen LogP contribution in [0.1, 0.15) is 60.0 Å². The van der Waals surface area contributed by atoms with Gasteiger partial charge in [0.15, 0.2) is 22.3 Å². The number of aromatic amines is 1. The number of hydrogen-bond acceptors (Lipinski definition) is 12. The molecule has 5 rings (SSSR count). The van der Waals surface area contributed by atoms with Crippen molar-refractivity contribution in [3.63, 3.8) is 0 Å². The number of H-pyrrole nitrogens is 1. The SMILES string of the molecule is CCCCc1nc(Cl)c(C(=O)Oc2ccc(C=CC(=O)OCCCCO[N+](=O)[O-])cc2OC)n1Cc1ccc(-c2ccccc2-c2nn[nH]n2)cc1. The molecule has 0 atom stereocenters. The van der Waals surface area contributed by atoms with E-state index in [4.69, 9.17) is 25.8 Å². The fraction of sp³-hybridized carbons (Fsp3) is 0.278. The Bertz CT molecular complexity index is 2010. The predicted molar refractivity (Wildman–Crippen MR) is 190 cm³/mol. The van der Waals surface area contributed by atoms with Gasteiger partial charge in [-0.05, 0) is 64.9 Å². The zero-order valence-electron chi connectivity index (χ0n) is 28.5. The largest absolute Gasteiger partial charge is 0.493 e. The lowest BCUT2D eigenvalue weighted by Gasteiger charge is -2.14. The maximum Gasteiger partial charge on any atom is 0.363 e. The van der Waals surface area contributed by atoms with E-state index in [1.807, 2.05) is 48.5 Å². The van der Waals surface area contributed by atoms with Gasteiger partial charge in [-0.15, -0.1) is 20.3 Å². The van der Waals surface area contributed by atoms with Gasteiger partial charge in [0, 0.05) is 24.6 Å². The number of aryl methyl sites for hydroxylation is 1. The van der Waals surface area contributed by atoms with Crippen molar-refractivity contribution in [3.05, 3.63) is 111 Å². The number of methoxy groups -OCH3 is 1. The minimum absolute atomic E-state index is 0.0316. The van der Waals surface area contributed by atoms with Crippen LogP contribution in [0, 0.1) is 10.1 Å². The first-order chi connectivity index (χ1) is 25.3. The van der Waals surface area contributed by atoms with Gasteiger partial charge in [0.05, 0.1) is 20.3 Å². The Labute approximate surface area is 303 Å². The first-order valence-corrected chi connectivity index (χ1v) is 16.8. The molecule has 0 aliphatic rings. The van der Waals surface area contributed by atoms with E-state index in [0.717, 1.165) is 35.1 Å². The molecule has 2 aromatic heterocycles. The van der Waals surface area contributed by atoms with Crippen LogP contribution in [-0.2, 0) is 27.3 Å². The van der Waals surface area contributed by atoms with E-state index in [0.29, 0.717) is 43.0 Å². The quantitative estimate of drug-likeness (QED) is 0.0256. The minimum Gasteiger partial charge on any atom is -0.493 e. The lowest BCUT2D eigenvalue weighted by Crippen LogP contribution is -2.18. The number of nitrogens with one attached hydrogen (secondary N) is 1. The number of benzene rings is 3. The third-order valence-electron chi connectivity index (χ3n) is 7.85. The fourth-order valence-electron chi connectivity index (χ4n) is 5.28.